The van der Waals surface area contributed by atoms with Gasteiger partial charge in [0.15, 0.2) is 4.34 Å². The average Bonchev–Trinajstić information content (AvgIpc) is 2.91. The zero-order chi connectivity index (χ0) is 14.4. The third-order valence-electron chi connectivity index (χ3n) is 2.56. The van der Waals surface area contributed by atoms with Gasteiger partial charge in [-0.2, -0.15) is 0 Å². The van der Waals surface area contributed by atoms with Crippen LogP contribution in [0.3, 0.4) is 0 Å². The Hall–Kier alpha value is -1.18. The Morgan fingerprint density at radius 1 is 1.40 bits per heavy atom. The molecule has 0 fully saturated rings. The Balaban J connectivity index is 1.88. The second-order valence-corrected chi connectivity index (χ2v) is 6.39. The maximum absolute atomic E-state index is 13.5. The second-order valence-electron chi connectivity index (χ2n) is 4.15. The summed E-state index contributed by atoms with van der Waals surface area (Å²) in [4.78, 5) is 0. The summed E-state index contributed by atoms with van der Waals surface area (Å²) in [7, 11) is 0. The molecule has 7 heteroatoms. The number of thioether (sulfide) groups is 1. The highest BCUT2D eigenvalue weighted by Gasteiger charge is 2.14. The van der Waals surface area contributed by atoms with E-state index in [1.807, 2.05) is 0 Å². The van der Waals surface area contributed by atoms with Crippen LogP contribution in [0, 0.1) is 5.82 Å². The highest BCUT2D eigenvalue weighted by atomic mass is 32.2. The van der Waals surface area contributed by atoms with Crippen LogP contribution in [-0.4, -0.2) is 27.6 Å². The van der Waals surface area contributed by atoms with Gasteiger partial charge in [-0.3, -0.25) is 0 Å². The summed E-state index contributed by atoms with van der Waals surface area (Å²) in [5.74, 6) is -0.0354. The van der Waals surface area contributed by atoms with Crippen LogP contribution in [0.15, 0.2) is 28.6 Å². The lowest BCUT2D eigenvalue weighted by Gasteiger charge is -2.09. The van der Waals surface area contributed by atoms with Gasteiger partial charge >= 0.3 is 0 Å². The molecule has 0 saturated heterocycles. The van der Waals surface area contributed by atoms with Crippen molar-refractivity contribution >= 4 is 28.2 Å². The van der Waals surface area contributed by atoms with E-state index in [2.05, 4.69) is 22.4 Å². The molecule has 2 aromatic rings. The van der Waals surface area contributed by atoms with E-state index < -0.39 is 6.10 Å². The molecule has 2 N–H and O–H groups in total. The number of hydrogen-bond donors (Lipinski definition) is 2. The molecule has 1 unspecified atom stereocenters. The van der Waals surface area contributed by atoms with Crippen molar-refractivity contribution in [3.05, 3.63) is 35.6 Å². The summed E-state index contributed by atoms with van der Waals surface area (Å²) in [6.07, 6.45) is 0.172. The van der Waals surface area contributed by atoms with E-state index in [0.717, 1.165) is 22.4 Å². The number of aliphatic hydroxyl groups excluding tert-OH is 1. The highest BCUT2D eigenvalue weighted by Crippen LogP contribution is 2.29. The Morgan fingerprint density at radius 2 is 2.20 bits per heavy atom. The Bertz CT molecular complexity index is 550. The van der Waals surface area contributed by atoms with Gasteiger partial charge in [-0.25, -0.2) is 4.39 Å². The third kappa shape index (κ3) is 4.16. The molecule has 1 atom stereocenters. The molecule has 1 heterocycles. The van der Waals surface area contributed by atoms with Gasteiger partial charge in [0.05, 0.1) is 6.10 Å². The normalized spacial score (nSPS) is 12.3. The monoisotopic (exact) mass is 313 g/mol. The molecule has 4 nitrogen and oxygen atoms in total. The Kier molecular flexibility index (Phi) is 5.75. The quantitative estimate of drug-likeness (QED) is 0.768. The van der Waals surface area contributed by atoms with Crippen LogP contribution in [0.1, 0.15) is 25.0 Å². The van der Waals surface area contributed by atoms with Gasteiger partial charge in [-0.1, -0.05) is 48.2 Å². The molecule has 1 aromatic heterocycles. The smallest absolute Gasteiger partial charge is 0.206 e. The van der Waals surface area contributed by atoms with E-state index in [0.29, 0.717) is 11.3 Å². The summed E-state index contributed by atoms with van der Waals surface area (Å²) in [6.45, 7) is 2.94. The number of hydrogen-bond acceptors (Lipinski definition) is 6. The van der Waals surface area contributed by atoms with Gasteiger partial charge in [-0.05, 0) is 12.5 Å². The largest absolute Gasteiger partial charge is 0.387 e. The number of anilines is 1. The molecule has 0 aliphatic carbocycles. The number of rotatable bonds is 7. The number of halogens is 1. The van der Waals surface area contributed by atoms with Crippen molar-refractivity contribution in [1.82, 2.24) is 10.2 Å². The lowest BCUT2D eigenvalue weighted by atomic mass is 10.1. The van der Waals surface area contributed by atoms with Crippen LogP contribution in [0.4, 0.5) is 9.52 Å². The number of aromatic nitrogens is 2. The Labute approximate surface area is 125 Å². The van der Waals surface area contributed by atoms with Crippen LogP contribution in [0.5, 0.6) is 0 Å². The number of aliphatic hydroxyl groups is 1. The summed E-state index contributed by atoms with van der Waals surface area (Å²) in [6, 6.07) is 6.26. The first-order valence-electron chi connectivity index (χ1n) is 6.33. The van der Waals surface area contributed by atoms with Crippen molar-refractivity contribution in [2.45, 2.75) is 23.8 Å². The van der Waals surface area contributed by atoms with Crippen LogP contribution in [0.2, 0.25) is 0 Å². The van der Waals surface area contributed by atoms with Crippen molar-refractivity contribution in [3.8, 4) is 0 Å². The van der Waals surface area contributed by atoms with Crippen LogP contribution in [0.25, 0.3) is 0 Å². The average molecular weight is 313 g/mol. The molecule has 20 heavy (non-hydrogen) atoms. The predicted molar refractivity (Wildman–Crippen MR) is 80.8 cm³/mol. The molecule has 0 saturated carbocycles. The SMILES string of the molecule is CCCNc1nnc(SCC(O)c2ccccc2F)s1. The minimum absolute atomic E-state index is 0.314. The van der Waals surface area contributed by atoms with E-state index in [4.69, 9.17) is 0 Å². The van der Waals surface area contributed by atoms with E-state index >= 15 is 0 Å². The molecular formula is C13H16FN3OS2. The zero-order valence-electron chi connectivity index (χ0n) is 11.0. The van der Waals surface area contributed by atoms with Gasteiger partial charge in [-0.15, -0.1) is 10.2 Å². The molecular weight excluding hydrogens is 297 g/mol. The minimum Gasteiger partial charge on any atom is -0.387 e. The summed E-state index contributed by atoms with van der Waals surface area (Å²) >= 11 is 2.81. The summed E-state index contributed by atoms with van der Waals surface area (Å²) in [5, 5.41) is 21.9. The van der Waals surface area contributed by atoms with Crippen molar-refractivity contribution in [1.29, 1.82) is 0 Å². The molecule has 108 valence electrons. The fourth-order valence-corrected chi connectivity index (χ4v) is 3.31. The first kappa shape index (κ1) is 15.2. The van der Waals surface area contributed by atoms with Gasteiger partial charge in [0, 0.05) is 17.9 Å². The van der Waals surface area contributed by atoms with Crippen molar-refractivity contribution in [2.24, 2.45) is 0 Å². The lowest BCUT2D eigenvalue weighted by Crippen LogP contribution is -2.03. The van der Waals surface area contributed by atoms with E-state index in [9.17, 15) is 9.50 Å². The number of nitrogens with zero attached hydrogens (tertiary/aromatic N) is 2. The maximum Gasteiger partial charge on any atom is 0.206 e. The van der Waals surface area contributed by atoms with Gasteiger partial charge in [0.1, 0.15) is 5.82 Å². The first-order chi connectivity index (χ1) is 9.70. The first-order valence-corrected chi connectivity index (χ1v) is 8.13. The van der Waals surface area contributed by atoms with Gasteiger partial charge in [0.25, 0.3) is 0 Å². The predicted octanol–water partition coefficient (Wildman–Crippen LogP) is 3.32. The topological polar surface area (TPSA) is 58.0 Å². The highest BCUT2D eigenvalue weighted by molar-refractivity contribution is 8.01. The molecule has 2 rings (SSSR count). The molecule has 0 amide bonds. The van der Waals surface area contributed by atoms with Crippen LogP contribution < -0.4 is 5.32 Å². The van der Waals surface area contributed by atoms with E-state index in [-0.39, 0.29) is 5.82 Å². The molecule has 0 aliphatic heterocycles. The molecule has 0 spiro atoms. The Morgan fingerprint density at radius 3 is 2.95 bits per heavy atom. The van der Waals surface area contributed by atoms with Crippen molar-refractivity contribution in [2.75, 3.05) is 17.6 Å². The fraction of sp³-hybridized carbons (Fsp3) is 0.385. The van der Waals surface area contributed by atoms with Crippen molar-refractivity contribution < 1.29 is 9.50 Å². The third-order valence-corrected chi connectivity index (χ3v) is 4.65. The number of nitrogens with one attached hydrogen (secondary N) is 1. The fourth-order valence-electron chi connectivity index (χ4n) is 1.56. The minimum atomic E-state index is -0.850. The molecule has 0 radical (unpaired) electrons. The summed E-state index contributed by atoms with van der Waals surface area (Å²) < 4.78 is 14.3. The summed E-state index contributed by atoms with van der Waals surface area (Å²) in [5.41, 5.74) is 0.314. The van der Waals surface area contributed by atoms with Gasteiger partial charge in [0.2, 0.25) is 5.13 Å². The van der Waals surface area contributed by atoms with E-state index in [1.54, 1.807) is 18.2 Å². The lowest BCUT2D eigenvalue weighted by molar-refractivity contribution is 0.199. The molecule has 0 aliphatic rings. The van der Waals surface area contributed by atoms with Crippen molar-refractivity contribution in [3.63, 3.8) is 0 Å². The van der Waals surface area contributed by atoms with Crippen LogP contribution in [-0.2, 0) is 0 Å². The second kappa shape index (κ2) is 7.56. The van der Waals surface area contributed by atoms with Crippen LogP contribution >= 0.6 is 23.1 Å². The molecule has 1 aromatic carbocycles. The molecule has 0 bridgehead atoms. The standard InChI is InChI=1S/C13H16FN3OS2/c1-2-7-15-12-16-17-13(20-12)19-8-11(18)9-5-3-4-6-10(9)14/h3-6,11,18H,2,7-8H2,1H3,(H,15,16). The number of benzene rings is 1. The van der Waals surface area contributed by atoms with Gasteiger partial charge < -0.3 is 10.4 Å². The zero-order valence-corrected chi connectivity index (χ0v) is 12.7. The van der Waals surface area contributed by atoms with E-state index in [1.165, 1.54) is 29.2 Å². The maximum atomic E-state index is 13.5.